The normalized spacial score (nSPS) is 9.88. The summed E-state index contributed by atoms with van der Waals surface area (Å²) in [6, 6.07) is 11.5. The molecule has 0 unspecified atom stereocenters. The lowest BCUT2D eigenvalue weighted by Gasteiger charge is -2.06. The molecule has 3 nitrogen and oxygen atoms in total. The molecule has 0 aliphatic carbocycles. The van der Waals surface area contributed by atoms with Gasteiger partial charge in [-0.3, -0.25) is 0 Å². The molecule has 1 aromatic heterocycles. The lowest BCUT2D eigenvalue weighted by molar-refractivity contribution is 0.513. The van der Waals surface area contributed by atoms with Crippen molar-refractivity contribution >= 4 is 21.6 Å². The first kappa shape index (κ1) is 11.7. The summed E-state index contributed by atoms with van der Waals surface area (Å²) < 4.78 is 6.14. The SMILES string of the molecule is N#Cc1cc(Br)cc(NCCc2ccco2)c1. The second kappa shape index (κ2) is 5.55. The molecule has 4 heteroatoms. The Hall–Kier alpha value is -1.73. The number of hydrogen-bond donors (Lipinski definition) is 1. The van der Waals surface area contributed by atoms with Gasteiger partial charge >= 0.3 is 0 Å². The lowest BCUT2D eigenvalue weighted by atomic mass is 10.2. The summed E-state index contributed by atoms with van der Waals surface area (Å²) in [6.07, 6.45) is 2.49. The van der Waals surface area contributed by atoms with E-state index in [2.05, 4.69) is 27.3 Å². The summed E-state index contributed by atoms with van der Waals surface area (Å²) in [4.78, 5) is 0. The van der Waals surface area contributed by atoms with E-state index in [1.165, 1.54) is 0 Å². The van der Waals surface area contributed by atoms with Crippen LogP contribution in [0, 0.1) is 11.3 Å². The van der Waals surface area contributed by atoms with Gasteiger partial charge < -0.3 is 9.73 Å². The predicted molar refractivity (Wildman–Crippen MR) is 69.8 cm³/mol. The quantitative estimate of drug-likeness (QED) is 0.936. The van der Waals surface area contributed by atoms with Gasteiger partial charge in [0.1, 0.15) is 5.76 Å². The molecule has 0 fully saturated rings. The Morgan fingerprint density at radius 1 is 1.35 bits per heavy atom. The highest BCUT2D eigenvalue weighted by Gasteiger charge is 1.99. The van der Waals surface area contributed by atoms with Crippen LogP contribution in [0.25, 0.3) is 0 Å². The highest BCUT2D eigenvalue weighted by Crippen LogP contribution is 2.19. The van der Waals surface area contributed by atoms with Crippen molar-refractivity contribution in [2.45, 2.75) is 6.42 Å². The average molecular weight is 291 g/mol. The molecule has 0 radical (unpaired) electrons. The van der Waals surface area contributed by atoms with E-state index >= 15 is 0 Å². The minimum Gasteiger partial charge on any atom is -0.469 e. The van der Waals surface area contributed by atoms with Crippen LogP contribution in [0.4, 0.5) is 5.69 Å². The van der Waals surface area contributed by atoms with E-state index in [4.69, 9.17) is 9.68 Å². The van der Waals surface area contributed by atoms with Gasteiger partial charge in [0.25, 0.3) is 0 Å². The maximum Gasteiger partial charge on any atom is 0.105 e. The Morgan fingerprint density at radius 2 is 2.24 bits per heavy atom. The molecule has 86 valence electrons. The number of nitriles is 1. The molecule has 17 heavy (non-hydrogen) atoms. The van der Waals surface area contributed by atoms with Crippen LogP contribution in [-0.4, -0.2) is 6.54 Å². The lowest BCUT2D eigenvalue weighted by Crippen LogP contribution is -2.04. The Labute approximate surface area is 108 Å². The van der Waals surface area contributed by atoms with Gasteiger partial charge in [0.2, 0.25) is 0 Å². The average Bonchev–Trinajstić information content (AvgIpc) is 2.81. The molecule has 0 saturated carbocycles. The number of benzene rings is 1. The molecular weight excluding hydrogens is 280 g/mol. The van der Waals surface area contributed by atoms with Crippen LogP contribution in [0.1, 0.15) is 11.3 Å². The highest BCUT2D eigenvalue weighted by atomic mass is 79.9. The largest absolute Gasteiger partial charge is 0.469 e. The van der Waals surface area contributed by atoms with Crippen LogP contribution >= 0.6 is 15.9 Å². The van der Waals surface area contributed by atoms with Crippen LogP contribution < -0.4 is 5.32 Å². The van der Waals surface area contributed by atoms with E-state index in [1.807, 2.05) is 24.3 Å². The molecule has 0 amide bonds. The van der Waals surface area contributed by atoms with Gasteiger partial charge in [-0.1, -0.05) is 15.9 Å². The van der Waals surface area contributed by atoms with E-state index in [9.17, 15) is 0 Å². The molecule has 0 atom stereocenters. The third-order valence-corrected chi connectivity index (χ3v) is 2.77. The molecule has 0 aliphatic heterocycles. The van der Waals surface area contributed by atoms with Crippen molar-refractivity contribution < 1.29 is 4.42 Å². The summed E-state index contributed by atoms with van der Waals surface area (Å²) in [6.45, 7) is 0.773. The first-order valence-corrected chi connectivity index (χ1v) is 6.04. The number of furan rings is 1. The minimum atomic E-state index is 0.639. The first-order chi connectivity index (χ1) is 8.28. The van der Waals surface area contributed by atoms with Crippen molar-refractivity contribution in [3.05, 3.63) is 52.4 Å². The van der Waals surface area contributed by atoms with Crippen LogP contribution in [0.15, 0.2) is 45.5 Å². The molecule has 0 saturated heterocycles. The molecule has 1 aromatic carbocycles. The second-order valence-electron chi connectivity index (χ2n) is 3.60. The zero-order valence-corrected chi connectivity index (χ0v) is 10.7. The summed E-state index contributed by atoms with van der Waals surface area (Å²) in [5.41, 5.74) is 1.57. The molecule has 0 aliphatic rings. The molecule has 2 rings (SSSR count). The van der Waals surface area contributed by atoms with E-state index in [-0.39, 0.29) is 0 Å². The number of hydrogen-bond acceptors (Lipinski definition) is 3. The van der Waals surface area contributed by atoms with Gasteiger partial charge in [-0.15, -0.1) is 0 Å². The maximum absolute atomic E-state index is 8.85. The highest BCUT2D eigenvalue weighted by molar-refractivity contribution is 9.10. The van der Waals surface area contributed by atoms with E-state index in [1.54, 1.807) is 12.3 Å². The molecule has 0 spiro atoms. The van der Waals surface area contributed by atoms with Crippen LogP contribution in [0.5, 0.6) is 0 Å². The standard InChI is InChI=1S/C13H11BrN2O/c14-11-6-10(9-15)7-12(8-11)16-4-3-13-2-1-5-17-13/h1-2,5-8,16H,3-4H2. The van der Waals surface area contributed by atoms with Crippen molar-refractivity contribution in [3.8, 4) is 6.07 Å². The van der Waals surface area contributed by atoms with Gasteiger partial charge in [0, 0.05) is 23.1 Å². The fraction of sp³-hybridized carbons (Fsp3) is 0.154. The zero-order valence-electron chi connectivity index (χ0n) is 9.11. The number of halogens is 1. The summed E-state index contributed by atoms with van der Waals surface area (Å²) in [7, 11) is 0. The Kier molecular flexibility index (Phi) is 3.84. The topological polar surface area (TPSA) is 49.0 Å². The molecular formula is C13H11BrN2O. The first-order valence-electron chi connectivity index (χ1n) is 5.25. The minimum absolute atomic E-state index is 0.639. The monoisotopic (exact) mass is 290 g/mol. The summed E-state index contributed by atoms with van der Waals surface area (Å²) in [5.74, 6) is 0.952. The van der Waals surface area contributed by atoms with Crippen molar-refractivity contribution in [1.82, 2.24) is 0 Å². The van der Waals surface area contributed by atoms with Crippen molar-refractivity contribution in [2.75, 3.05) is 11.9 Å². The van der Waals surface area contributed by atoms with Crippen LogP contribution in [0.3, 0.4) is 0 Å². The van der Waals surface area contributed by atoms with Crippen molar-refractivity contribution in [1.29, 1.82) is 5.26 Å². The summed E-state index contributed by atoms with van der Waals surface area (Å²) in [5, 5.41) is 12.1. The third-order valence-electron chi connectivity index (χ3n) is 2.31. The third kappa shape index (κ3) is 3.36. The Bertz CT molecular complexity index is 529. The number of nitrogens with one attached hydrogen (secondary N) is 1. The van der Waals surface area contributed by atoms with E-state index in [0.29, 0.717) is 5.56 Å². The van der Waals surface area contributed by atoms with Gasteiger partial charge in [-0.25, -0.2) is 0 Å². The molecule has 1 heterocycles. The van der Waals surface area contributed by atoms with Gasteiger partial charge in [-0.2, -0.15) is 5.26 Å². The van der Waals surface area contributed by atoms with Gasteiger partial charge in [0.05, 0.1) is 17.9 Å². The van der Waals surface area contributed by atoms with E-state index in [0.717, 1.165) is 28.9 Å². The Balaban J connectivity index is 1.95. The maximum atomic E-state index is 8.85. The number of nitrogens with zero attached hydrogens (tertiary/aromatic N) is 1. The fourth-order valence-corrected chi connectivity index (χ4v) is 2.03. The fourth-order valence-electron chi connectivity index (χ4n) is 1.54. The second-order valence-corrected chi connectivity index (χ2v) is 4.51. The number of anilines is 1. The van der Waals surface area contributed by atoms with Crippen LogP contribution in [0.2, 0.25) is 0 Å². The number of rotatable bonds is 4. The van der Waals surface area contributed by atoms with Crippen molar-refractivity contribution in [3.63, 3.8) is 0 Å². The zero-order chi connectivity index (χ0) is 12.1. The molecule has 0 bridgehead atoms. The smallest absolute Gasteiger partial charge is 0.105 e. The van der Waals surface area contributed by atoms with Gasteiger partial charge in [-0.05, 0) is 30.3 Å². The Morgan fingerprint density at radius 3 is 2.94 bits per heavy atom. The van der Waals surface area contributed by atoms with Crippen molar-refractivity contribution in [2.24, 2.45) is 0 Å². The molecule has 2 aromatic rings. The predicted octanol–water partition coefficient (Wildman–Crippen LogP) is 3.57. The summed E-state index contributed by atoms with van der Waals surface area (Å²) >= 11 is 3.37. The van der Waals surface area contributed by atoms with E-state index < -0.39 is 0 Å². The molecule has 1 N–H and O–H groups in total. The van der Waals surface area contributed by atoms with Crippen LogP contribution in [-0.2, 0) is 6.42 Å². The van der Waals surface area contributed by atoms with Gasteiger partial charge in [0.15, 0.2) is 0 Å².